The van der Waals surface area contributed by atoms with Gasteiger partial charge in [0.05, 0.1) is 11.5 Å². The van der Waals surface area contributed by atoms with Crippen LogP contribution in [-0.2, 0) is 10.0 Å². The molecule has 0 atom stereocenters. The molecule has 1 aliphatic rings. The van der Waals surface area contributed by atoms with E-state index in [1.165, 1.54) is 0 Å². The molecule has 1 aromatic rings. The molecule has 7 heteroatoms. The van der Waals surface area contributed by atoms with E-state index >= 15 is 0 Å². The van der Waals surface area contributed by atoms with Crippen LogP contribution in [0.2, 0.25) is 0 Å². The molecule has 0 aromatic heterocycles. The standard InChI is InChI=1S/C15H24N2O3S.ClH/c1-3-20-13-5-4-6-14(11-13)21(18,19)17-12-15(2)7-9-16-10-8-15;/h4-6,11,16-17H,3,7-10,12H2,1-2H3;1H. The zero-order chi connectivity index (χ0) is 15.3. The van der Waals surface area contributed by atoms with Crippen LogP contribution in [0.1, 0.15) is 26.7 Å². The second kappa shape index (κ2) is 8.15. The van der Waals surface area contributed by atoms with Crippen molar-refractivity contribution in [1.29, 1.82) is 0 Å². The van der Waals surface area contributed by atoms with Gasteiger partial charge in [0, 0.05) is 12.6 Å². The third-order valence-electron chi connectivity index (χ3n) is 3.93. The van der Waals surface area contributed by atoms with Gasteiger partial charge < -0.3 is 10.1 Å². The summed E-state index contributed by atoms with van der Waals surface area (Å²) >= 11 is 0. The van der Waals surface area contributed by atoms with Crippen LogP contribution < -0.4 is 14.8 Å². The van der Waals surface area contributed by atoms with Crippen molar-refractivity contribution in [3.8, 4) is 5.75 Å². The largest absolute Gasteiger partial charge is 0.494 e. The Bertz CT molecular complexity index is 572. The van der Waals surface area contributed by atoms with Crippen molar-refractivity contribution in [2.75, 3.05) is 26.2 Å². The minimum atomic E-state index is -3.49. The molecule has 2 N–H and O–H groups in total. The normalized spacial score (nSPS) is 17.5. The molecule has 0 saturated carbocycles. The van der Waals surface area contributed by atoms with E-state index in [1.807, 2.05) is 6.92 Å². The van der Waals surface area contributed by atoms with Crippen molar-refractivity contribution >= 4 is 22.4 Å². The first-order chi connectivity index (χ1) is 9.95. The van der Waals surface area contributed by atoms with Gasteiger partial charge in [0.2, 0.25) is 10.0 Å². The van der Waals surface area contributed by atoms with Crippen LogP contribution in [0.4, 0.5) is 0 Å². The zero-order valence-corrected chi connectivity index (χ0v) is 14.7. The Morgan fingerprint density at radius 3 is 2.64 bits per heavy atom. The molecule has 126 valence electrons. The van der Waals surface area contributed by atoms with Crippen molar-refractivity contribution in [3.63, 3.8) is 0 Å². The van der Waals surface area contributed by atoms with E-state index in [0.29, 0.717) is 18.9 Å². The van der Waals surface area contributed by atoms with Gasteiger partial charge in [0.15, 0.2) is 0 Å². The molecule has 22 heavy (non-hydrogen) atoms. The van der Waals surface area contributed by atoms with Crippen molar-refractivity contribution in [1.82, 2.24) is 10.0 Å². The number of hydrogen-bond acceptors (Lipinski definition) is 4. The Kier molecular flexibility index (Phi) is 7.12. The average molecular weight is 349 g/mol. The summed E-state index contributed by atoms with van der Waals surface area (Å²) in [7, 11) is -3.49. The van der Waals surface area contributed by atoms with Crippen LogP contribution in [0.5, 0.6) is 5.75 Å². The number of benzene rings is 1. The maximum atomic E-state index is 12.4. The molecule has 0 bridgehead atoms. The Morgan fingerprint density at radius 1 is 1.32 bits per heavy atom. The fourth-order valence-corrected chi connectivity index (χ4v) is 3.69. The van der Waals surface area contributed by atoms with Gasteiger partial charge in [-0.05, 0) is 50.4 Å². The minimum absolute atomic E-state index is 0. The Morgan fingerprint density at radius 2 is 2.00 bits per heavy atom. The van der Waals surface area contributed by atoms with Crippen LogP contribution in [0.25, 0.3) is 0 Å². The second-order valence-corrected chi connectivity index (χ2v) is 7.56. The van der Waals surface area contributed by atoms with Gasteiger partial charge in [-0.1, -0.05) is 13.0 Å². The van der Waals surface area contributed by atoms with Crippen molar-refractivity contribution in [2.24, 2.45) is 5.41 Å². The average Bonchev–Trinajstić information content (AvgIpc) is 2.47. The highest BCUT2D eigenvalue weighted by Crippen LogP contribution is 2.27. The van der Waals surface area contributed by atoms with Gasteiger partial charge in [0.1, 0.15) is 5.75 Å². The predicted molar refractivity (Wildman–Crippen MR) is 90.3 cm³/mol. The lowest BCUT2D eigenvalue weighted by atomic mass is 9.81. The number of halogens is 1. The highest BCUT2D eigenvalue weighted by molar-refractivity contribution is 7.89. The van der Waals surface area contributed by atoms with E-state index in [2.05, 4.69) is 17.0 Å². The van der Waals surface area contributed by atoms with E-state index in [-0.39, 0.29) is 22.7 Å². The highest BCUT2D eigenvalue weighted by atomic mass is 35.5. The fourth-order valence-electron chi connectivity index (χ4n) is 2.46. The summed E-state index contributed by atoms with van der Waals surface area (Å²) in [6, 6.07) is 6.62. The van der Waals surface area contributed by atoms with Gasteiger partial charge in [-0.2, -0.15) is 0 Å². The van der Waals surface area contributed by atoms with Crippen molar-refractivity contribution in [2.45, 2.75) is 31.6 Å². The predicted octanol–water partition coefficient (Wildman–Crippen LogP) is 2.18. The van der Waals surface area contributed by atoms with Crippen molar-refractivity contribution in [3.05, 3.63) is 24.3 Å². The maximum absolute atomic E-state index is 12.4. The first kappa shape index (κ1) is 19.2. The number of nitrogens with one attached hydrogen (secondary N) is 2. The lowest BCUT2D eigenvalue weighted by Gasteiger charge is -2.34. The molecule has 0 amide bonds. The van der Waals surface area contributed by atoms with E-state index in [0.717, 1.165) is 25.9 Å². The number of rotatable bonds is 6. The van der Waals surface area contributed by atoms with E-state index < -0.39 is 10.0 Å². The SMILES string of the molecule is CCOc1cccc(S(=O)(=O)NCC2(C)CCNCC2)c1.Cl. The lowest BCUT2D eigenvalue weighted by molar-refractivity contribution is 0.232. The van der Waals surface area contributed by atoms with Crippen molar-refractivity contribution < 1.29 is 13.2 Å². The Labute approximate surface area is 139 Å². The summed E-state index contributed by atoms with van der Waals surface area (Å²) < 4.78 is 32.9. The van der Waals surface area contributed by atoms with E-state index in [9.17, 15) is 8.42 Å². The summed E-state index contributed by atoms with van der Waals surface area (Å²) in [6.07, 6.45) is 1.96. The Balaban J connectivity index is 0.00000242. The molecule has 1 heterocycles. The van der Waals surface area contributed by atoms with Crippen LogP contribution in [0, 0.1) is 5.41 Å². The summed E-state index contributed by atoms with van der Waals surface area (Å²) in [4.78, 5) is 0.256. The Hall–Kier alpha value is -0.820. The summed E-state index contributed by atoms with van der Waals surface area (Å²) in [5.41, 5.74) is 0.0237. The number of ether oxygens (including phenoxy) is 1. The summed E-state index contributed by atoms with van der Waals surface area (Å²) in [5.74, 6) is 0.577. The molecule has 1 aromatic carbocycles. The fraction of sp³-hybridized carbons (Fsp3) is 0.600. The first-order valence-corrected chi connectivity index (χ1v) is 8.87. The van der Waals surface area contributed by atoms with Gasteiger partial charge in [-0.25, -0.2) is 13.1 Å². The van der Waals surface area contributed by atoms with Crippen LogP contribution in [0.3, 0.4) is 0 Å². The van der Waals surface area contributed by atoms with Gasteiger partial charge in [0.25, 0.3) is 0 Å². The number of sulfonamides is 1. The van der Waals surface area contributed by atoms with Crippen LogP contribution in [0.15, 0.2) is 29.2 Å². The van der Waals surface area contributed by atoms with Gasteiger partial charge in [-0.3, -0.25) is 0 Å². The third-order valence-corrected chi connectivity index (χ3v) is 5.33. The second-order valence-electron chi connectivity index (χ2n) is 5.79. The molecular formula is C15H25ClN2O3S. The number of piperidine rings is 1. The molecule has 2 rings (SSSR count). The molecule has 1 aliphatic heterocycles. The number of hydrogen-bond donors (Lipinski definition) is 2. The zero-order valence-electron chi connectivity index (χ0n) is 13.1. The molecular weight excluding hydrogens is 324 g/mol. The van der Waals surface area contributed by atoms with Crippen LogP contribution >= 0.6 is 12.4 Å². The smallest absolute Gasteiger partial charge is 0.240 e. The topological polar surface area (TPSA) is 67.4 Å². The van der Waals surface area contributed by atoms with E-state index in [4.69, 9.17) is 4.74 Å². The molecule has 0 radical (unpaired) electrons. The molecule has 0 aliphatic carbocycles. The molecule has 1 saturated heterocycles. The summed E-state index contributed by atoms with van der Waals surface area (Å²) in [6.45, 7) is 6.87. The first-order valence-electron chi connectivity index (χ1n) is 7.38. The summed E-state index contributed by atoms with van der Waals surface area (Å²) in [5, 5.41) is 3.30. The molecule has 0 unspecified atom stereocenters. The molecule has 1 fully saturated rings. The van der Waals surface area contributed by atoms with Gasteiger partial charge >= 0.3 is 0 Å². The van der Waals surface area contributed by atoms with Gasteiger partial charge in [-0.15, -0.1) is 12.4 Å². The lowest BCUT2D eigenvalue weighted by Crippen LogP contribution is -2.42. The molecule has 0 spiro atoms. The molecule has 5 nitrogen and oxygen atoms in total. The quantitative estimate of drug-likeness (QED) is 0.826. The van der Waals surface area contributed by atoms with Crippen LogP contribution in [-0.4, -0.2) is 34.7 Å². The monoisotopic (exact) mass is 348 g/mol. The highest BCUT2D eigenvalue weighted by Gasteiger charge is 2.28. The maximum Gasteiger partial charge on any atom is 0.240 e. The third kappa shape index (κ3) is 5.12. The van der Waals surface area contributed by atoms with E-state index in [1.54, 1.807) is 24.3 Å². The minimum Gasteiger partial charge on any atom is -0.494 e.